The second-order valence-corrected chi connectivity index (χ2v) is 5.65. The van der Waals surface area contributed by atoms with Gasteiger partial charge >= 0.3 is 0 Å². The SMILES string of the molecule is Cc1cc(=O)c(CNCC(C)C)cn1-c1ccccc1F. The monoisotopic (exact) mass is 288 g/mol. The van der Waals surface area contributed by atoms with Crippen LogP contribution in [0.2, 0.25) is 0 Å². The van der Waals surface area contributed by atoms with Gasteiger partial charge in [0.05, 0.1) is 5.69 Å². The van der Waals surface area contributed by atoms with Crippen molar-refractivity contribution in [2.45, 2.75) is 27.3 Å². The van der Waals surface area contributed by atoms with Crippen molar-refractivity contribution in [1.29, 1.82) is 0 Å². The maximum absolute atomic E-state index is 13.9. The molecule has 4 heteroatoms. The van der Waals surface area contributed by atoms with Crippen LogP contribution in [0.4, 0.5) is 4.39 Å². The lowest BCUT2D eigenvalue weighted by Crippen LogP contribution is -2.24. The number of rotatable bonds is 5. The Labute approximate surface area is 124 Å². The van der Waals surface area contributed by atoms with E-state index in [-0.39, 0.29) is 11.2 Å². The van der Waals surface area contributed by atoms with Gasteiger partial charge in [0.2, 0.25) is 0 Å². The van der Waals surface area contributed by atoms with E-state index in [1.807, 2.05) is 0 Å². The Morgan fingerprint density at radius 3 is 2.67 bits per heavy atom. The number of aromatic nitrogens is 1. The highest BCUT2D eigenvalue weighted by Crippen LogP contribution is 2.14. The fourth-order valence-electron chi connectivity index (χ4n) is 2.21. The van der Waals surface area contributed by atoms with Gasteiger partial charge in [0.25, 0.3) is 0 Å². The van der Waals surface area contributed by atoms with Gasteiger partial charge in [0, 0.05) is 30.1 Å². The molecule has 0 amide bonds. The molecule has 112 valence electrons. The first-order valence-electron chi connectivity index (χ1n) is 7.17. The molecule has 0 fully saturated rings. The normalized spacial score (nSPS) is 11.1. The molecule has 3 nitrogen and oxygen atoms in total. The van der Waals surface area contributed by atoms with E-state index < -0.39 is 0 Å². The Morgan fingerprint density at radius 1 is 1.29 bits per heavy atom. The van der Waals surface area contributed by atoms with E-state index in [1.165, 1.54) is 6.07 Å². The molecule has 1 heterocycles. The van der Waals surface area contributed by atoms with Crippen LogP contribution in [0.25, 0.3) is 5.69 Å². The zero-order chi connectivity index (χ0) is 15.4. The molecule has 2 aromatic rings. The summed E-state index contributed by atoms with van der Waals surface area (Å²) in [5, 5.41) is 3.25. The van der Waals surface area contributed by atoms with E-state index >= 15 is 0 Å². The van der Waals surface area contributed by atoms with Crippen LogP contribution < -0.4 is 10.7 Å². The summed E-state index contributed by atoms with van der Waals surface area (Å²) in [6.45, 7) is 7.36. The molecule has 0 aliphatic rings. The minimum atomic E-state index is -0.301. The number of aryl methyl sites for hydroxylation is 1. The molecule has 0 atom stereocenters. The summed E-state index contributed by atoms with van der Waals surface area (Å²) in [5.74, 6) is 0.217. The predicted octanol–water partition coefficient (Wildman–Crippen LogP) is 3.03. The van der Waals surface area contributed by atoms with Crippen molar-refractivity contribution in [2.24, 2.45) is 5.92 Å². The number of nitrogens with one attached hydrogen (secondary N) is 1. The average Bonchev–Trinajstić information content (AvgIpc) is 2.42. The molecule has 0 saturated carbocycles. The predicted molar refractivity (Wildman–Crippen MR) is 83.3 cm³/mol. The first kappa shape index (κ1) is 15.4. The van der Waals surface area contributed by atoms with E-state index in [9.17, 15) is 9.18 Å². The highest BCUT2D eigenvalue weighted by atomic mass is 19.1. The zero-order valence-corrected chi connectivity index (χ0v) is 12.7. The van der Waals surface area contributed by atoms with Crippen LogP contribution in [-0.2, 0) is 6.54 Å². The van der Waals surface area contributed by atoms with E-state index in [2.05, 4.69) is 19.2 Å². The van der Waals surface area contributed by atoms with Gasteiger partial charge in [-0.15, -0.1) is 0 Å². The number of benzene rings is 1. The lowest BCUT2D eigenvalue weighted by molar-refractivity contribution is 0.550. The summed E-state index contributed by atoms with van der Waals surface area (Å²) in [6, 6.07) is 8.12. The number of halogens is 1. The fraction of sp³-hybridized carbons (Fsp3) is 0.353. The van der Waals surface area contributed by atoms with Crippen molar-refractivity contribution in [3.63, 3.8) is 0 Å². The van der Waals surface area contributed by atoms with Crippen LogP contribution in [0.15, 0.2) is 41.3 Å². The minimum Gasteiger partial charge on any atom is -0.318 e. The van der Waals surface area contributed by atoms with Crippen LogP contribution >= 0.6 is 0 Å². The van der Waals surface area contributed by atoms with Gasteiger partial charge in [-0.05, 0) is 31.5 Å². The molecular formula is C17H21FN2O. The number of nitrogens with zero attached hydrogens (tertiary/aromatic N) is 1. The van der Waals surface area contributed by atoms with Crippen LogP contribution in [-0.4, -0.2) is 11.1 Å². The Morgan fingerprint density at radius 2 is 2.00 bits per heavy atom. The van der Waals surface area contributed by atoms with Crippen molar-refractivity contribution < 1.29 is 4.39 Å². The third-order valence-electron chi connectivity index (χ3n) is 3.30. The topological polar surface area (TPSA) is 34.0 Å². The Hall–Kier alpha value is -1.94. The van der Waals surface area contributed by atoms with Gasteiger partial charge in [-0.3, -0.25) is 4.79 Å². The standard InChI is InChI=1S/C17H21FN2O/c1-12(2)9-19-10-14-11-20(13(3)8-17(14)21)16-7-5-4-6-15(16)18/h4-8,11-12,19H,9-10H2,1-3H3. The first-order valence-corrected chi connectivity index (χ1v) is 7.17. The molecule has 1 aromatic heterocycles. The smallest absolute Gasteiger partial charge is 0.186 e. The lowest BCUT2D eigenvalue weighted by Gasteiger charge is -2.14. The second-order valence-electron chi connectivity index (χ2n) is 5.65. The molecule has 1 N–H and O–H groups in total. The van der Waals surface area contributed by atoms with E-state index in [0.29, 0.717) is 23.7 Å². The average molecular weight is 288 g/mol. The number of hydrogen-bond acceptors (Lipinski definition) is 2. The highest BCUT2D eigenvalue weighted by Gasteiger charge is 2.08. The summed E-state index contributed by atoms with van der Waals surface area (Å²) in [6.07, 6.45) is 1.73. The van der Waals surface area contributed by atoms with Crippen molar-refractivity contribution in [3.05, 3.63) is 63.8 Å². The highest BCUT2D eigenvalue weighted by molar-refractivity contribution is 5.36. The molecule has 0 spiro atoms. The van der Waals surface area contributed by atoms with Gasteiger partial charge in [-0.1, -0.05) is 26.0 Å². The molecule has 2 rings (SSSR count). The summed E-state index contributed by atoms with van der Waals surface area (Å²) in [5.41, 5.74) is 1.80. The van der Waals surface area contributed by atoms with Crippen LogP contribution in [0.5, 0.6) is 0 Å². The minimum absolute atomic E-state index is 0.0173. The molecule has 0 unspecified atom stereocenters. The van der Waals surface area contributed by atoms with E-state index in [4.69, 9.17) is 0 Å². The summed E-state index contributed by atoms with van der Waals surface area (Å²) in [7, 11) is 0. The van der Waals surface area contributed by atoms with Gasteiger partial charge in [-0.25, -0.2) is 4.39 Å². The maximum atomic E-state index is 13.9. The summed E-state index contributed by atoms with van der Waals surface area (Å²) >= 11 is 0. The van der Waals surface area contributed by atoms with Crippen LogP contribution in [0.1, 0.15) is 25.1 Å². The van der Waals surface area contributed by atoms with Crippen molar-refractivity contribution in [1.82, 2.24) is 9.88 Å². The first-order chi connectivity index (χ1) is 9.99. The Balaban J connectivity index is 2.35. The third-order valence-corrected chi connectivity index (χ3v) is 3.30. The second kappa shape index (κ2) is 6.68. The molecule has 0 aliphatic heterocycles. The molecule has 0 bridgehead atoms. The summed E-state index contributed by atoms with van der Waals surface area (Å²) < 4.78 is 15.7. The molecule has 0 aliphatic carbocycles. The quantitative estimate of drug-likeness (QED) is 0.917. The largest absolute Gasteiger partial charge is 0.318 e. The Kier molecular flexibility index (Phi) is 4.91. The Bertz CT molecular complexity index is 677. The summed E-state index contributed by atoms with van der Waals surface area (Å²) in [4.78, 5) is 12.0. The molecule has 0 saturated heterocycles. The molecule has 21 heavy (non-hydrogen) atoms. The van der Waals surface area contributed by atoms with Gasteiger partial charge < -0.3 is 9.88 Å². The number of hydrogen-bond donors (Lipinski definition) is 1. The van der Waals surface area contributed by atoms with Gasteiger partial charge in [0.1, 0.15) is 5.82 Å². The lowest BCUT2D eigenvalue weighted by atomic mass is 10.2. The van der Waals surface area contributed by atoms with Crippen LogP contribution in [0, 0.1) is 18.7 Å². The third kappa shape index (κ3) is 3.79. The van der Waals surface area contributed by atoms with Crippen molar-refractivity contribution >= 4 is 0 Å². The van der Waals surface area contributed by atoms with Gasteiger partial charge in [-0.2, -0.15) is 0 Å². The van der Waals surface area contributed by atoms with Crippen molar-refractivity contribution in [2.75, 3.05) is 6.54 Å². The molecule has 1 aromatic carbocycles. The van der Waals surface area contributed by atoms with Crippen LogP contribution in [0.3, 0.4) is 0 Å². The molecular weight excluding hydrogens is 267 g/mol. The fourth-order valence-corrected chi connectivity index (χ4v) is 2.21. The van der Waals surface area contributed by atoms with E-state index in [0.717, 1.165) is 12.2 Å². The van der Waals surface area contributed by atoms with Crippen molar-refractivity contribution in [3.8, 4) is 5.69 Å². The number of pyridine rings is 1. The zero-order valence-electron chi connectivity index (χ0n) is 12.7. The number of para-hydroxylation sites is 1. The maximum Gasteiger partial charge on any atom is 0.186 e. The molecule has 0 radical (unpaired) electrons. The van der Waals surface area contributed by atoms with Gasteiger partial charge in [0.15, 0.2) is 5.43 Å². The van der Waals surface area contributed by atoms with E-state index in [1.54, 1.807) is 42.0 Å².